The Morgan fingerprint density at radius 3 is 2.60 bits per heavy atom. The fourth-order valence-electron chi connectivity index (χ4n) is 1.61. The maximum atomic E-state index is 11.7. The third-order valence-electron chi connectivity index (χ3n) is 2.79. The molecule has 0 aliphatic heterocycles. The molecule has 0 saturated heterocycles. The first-order valence-corrected chi connectivity index (χ1v) is 6.67. The highest BCUT2D eigenvalue weighted by molar-refractivity contribution is 5.71. The van der Waals surface area contributed by atoms with E-state index in [1.165, 1.54) is 4.80 Å². The highest BCUT2D eigenvalue weighted by Gasteiger charge is 2.19. The minimum Gasteiger partial charge on any atom is -0.438 e. The van der Waals surface area contributed by atoms with Crippen LogP contribution in [0.2, 0.25) is 0 Å². The molecule has 0 unspecified atom stereocenters. The van der Waals surface area contributed by atoms with Gasteiger partial charge in [0, 0.05) is 12.0 Å². The molecule has 0 aliphatic carbocycles. The van der Waals surface area contributed by atoms with Crippen molar-refractivity contribution in [2.75, 3.05) is 0 Å². The fraction of sp³-hybridized carbons (Fsp3) is 0.429. The summed E-state index contributed by atoms with van der Waals surface area (Å²) in [5.74, 6) is 0.0706. The molecule has 1 atom stereocenters. The predicted octanol–water partition coefficient (Wildman–Crippen LogP) is 2.45. The third-order valence-corrected chi connectivity index (χ3v) is 2.79. The van der Waals surface area contributed by atoms with Gasteiger partial charge in [0.2, 0.25) is 12.1 Å². The van der Waals surface area contributed by atoms with Crippen molar-refractivity contribution in [1.82, 2.24) is 20.2 Å². The van der Waals surface area contributed by atoms with Crippen molar-refractivity contribution in [2.24, 2.45) is 5.92 Å². The first-order valence-electron chi connectivity index (χ1n) is 6.67. The summed E-state index contributed by atoms with van der Waals surface area (Å²) in [7, 11) is 0. The van der Waals surface area contributed by atoms with E-state index in [0.717, 1.165) is 5.56 Å². The number of carbonyl (C=O) groups is 1. The van der Waals surface area contributed by atoms with Gasteiger partial charge in [0.05, 0.1) is 5.92 Å². The van der Waals surface area contributed by atoms with E-state index in [1.807, 2.05) is 37.3 Å². The summed E-state index contributed by atoms with van der Waals surface area (Å²) in [4.78, 5) is 13.0. The lowest BCUT2D eigenvalue weighted by Gasteiger charge is -2.15. The summed E-state index contributed by atoms with van der Waals surface area (Å²) >= 11 is 0. The second kappa shape index (κ2) is 6.27. The number of esters is 1. The van der Waals surface area contributed by atoms with Crippen molar-refractivity contribution in [3.63, 3.8) is 0 Å². The summed E-state index contributed by atoms with van der Waals surface area (Å²) in [5, 5.41) is 12.3. The highest BCUT2D eigenvalue weighted by atomic mass is 16.6. The lowest BCUT2D eigenvalue weighted by atomic mass is 10.2. The molecule has 2 aromatic rings. The molecular weight excluding hydrogens is 256 g/mol. The average molecular weight is 274 g/mol. The van der Waals surface area contributed by atoms with E-state index in [1.54, 1.807) is 13.8 Å². The van der Waals surface area contributed by atoms with Gasteiger partial charge in [-0.2, -0.15) is 0 Å². The van der Waals surface area contributed by atoms with Gasteiger partial charge in [0.25, 0.3) is 0 Å². The van der Waals surface area contributed by atoms with Crippen LogP contribution < -0.4 is 0 Å². The van der Waals surface area contributed by atoms with Crippen LogP contribution in [-0.4, -0.2) is 26.2 Å². The van der Waals surface area contributed by atoms with Gasteiger partial charge in [0.1, 0.15) is 0 Å². The molecule has 20 heavy (non-hydrogen) atoms. The third kappa shape index (κ3) is 3.20. The van der Waals surface area contributed by atoms with Gasteiger partial charge < -0.3 is 4.74 Å². The van der Waals surface area contributed by atoms with E-state index in [4.69, 9.17) is 4.74 Å². The van der Waals surface area contributed by atoms with Crippen LogP contribution in [0, 0.1) is 5.92 Å². The van der Waals surface area contributed by atoms with Crippen molar-refractivity contribution < 1.29 is 9.53 Å². The molecule has 0 aliphatic rings. The number of aromatic nitrogens is 4. The molecule has 0 saturated carbocycles. The normalized spacial score (nSPS) is 12.4. The molecule has 0 amide bonds. The van der Waals surface area contributed by atoms with E-state index in [9.17, 15) is 4.79 Å². The lowest BCUT2D eigenvalue weighted by molar-refractivity contribution is -0.159. The second-order valence-electron chi connectivity index (χ2n) is 4.75. The summed E-state index contributed by atoms with van der Waals surface area (Å²) in [6.45, 7) is 5.49. The molecule has 0 N–H and O–H groups in total. The Morgan fingerprint density at radius 2 is 2.00 bits per heavy atom. The zero-order valence-electron chi connectivity index (χ0n) is 11.9. The van der Waals surface area contributed by atoms with Crippen molar-refractivity contribution in [2.45, 2.75) is 33.4 Å². The number of tetrazole rings is 1. The Balaban J connectivity index is 2.16. The number of nitrogens with zero attached hydrogens (tertiary/aromatic N) is 4. The summed E-state index contributed by atoms with van der Waals surface area (Å²) < 4.78 is 5.36. The SMILES string of the molecule is CC[C@H](OC(=O)C(C)C)n1nnc(-c2ccccc2)n1. The molecule has 1 aromatic carbocycles. The van der Waals surface area contributed by atoms with E-state index < -0.39 is 6.23 Å². The van der Waals surface area contributed by atoms with E-state index >= 15 is 0 Å². The molecule has 0 spiro atoms. The number of hydrogen-bond donors (Lipinski definition) is 0. The molecule has 1 aromatic heterocycles. The van der Waals surface area contributed by atoms with Crippen LogP contribution in [0.25, 0.3) is 11.4 Å². The van der Waals surface area contributed by atoms with Crippen LogP contribution in [0.3, 0.4) is 0 Å². The molecular formula is C14H18N4O2. The molecule has 0 fully saturated rings. The topological polar surface area (TPSA) is 69.9 Å². The van der Waals surface area contributed by atoms with Crippen LogP contribution in [0.5, 0.6) is 0 Å². The van der Waals surface area contributed by atoms with Crippen LogP contribution in [0.4, 0.5) is 0 Å². The van der Waals surface area contributed by atoms with Gasteiger partial charge in [-0.3, -0.25) is 4.79 Å². The van der Waals surface area contributed by atoms with Crippen molar-refractivity contribution in [3.05, 3.63) is 30.3 Å². The van der Waals surface area contributed by atoms with Gasteiger partial charge in [-0.15, -0.1) is 15.0 Å². The first kappa shape index (κ1) is 14.2. The molecule has 0 radical (unpaired) electrons. The summed E-state index contributed by atoms with van der Waals surface area (Å²) in [5.41, 5.74) is 0.879. The van der Waals surface area contributed by atoms with Gasteiger partial charge in [-0.25, -0.2) is 0 Å². The number of rotatable bonds is 5. The van der Waals surface area contributed by atoms with E-state index in [0.29, 0.717) is 12.2 Å². The van der Waals surface area contributed by atoms with E-state index in [2.05, 4.69) is 15.4 Å². The monoisotopic (exact) mass is 274 g/mol. The Morgan fingerprint density at radius 1 is 1.30 bits per heavy atom. The summed E-state index contributed by atoms with van der Waals surface area (Å²) in [6, 6.07) is 9.55. The lowest BCUT2D eigenvalue weighted by Crippen LogP contribution is -2.22. The number of benzene rings is 1. The van der Waals surface area contributed by atoms with Gasteiger partial charge in [-0.05, 0) is 5.21 Å². The Bertz CT molecular complexity index is 566. The maximum absolute atomic E-state index is 11.7. The first-order chi connectivity index (χ1) is 9.61. The Kier molecular flexibility index (Phi) is 4.45. The second-order valence-corrected chi connectivity index (χ2v) is 4.75. The van der Waals surface area contributed by atoms with Crippen molar-refractivity contribution in [3.8, 4) is 11.4 Å². The average Bonchev–Trinajstić information content (AvgIpc) is 2.95. The zero-order chi connectivity index (χ0) is 14.5. The molecule has 1 heterocycles. The molecule has 106 valence electrons. The molecule has 6 nitrogen and oxygen atoms in total. The van der Waals surface area contributed by atoms with E-state index in [-0.39, 0.29) is 11.9 Å². The van der Waals surface area contributed by atoms with Crippen LogP contribution in [0.1, 0.15) is 33.4 Å². The predicted molar refractivity (Wildman–Crippen MR) is 73.5 cm³/mol. The number of hydrogen-bond acceptors (Lipinski definition) is 5. The molecule has 6 heteroatoms. The molecule has 0 bridgehead atoms. The Hall–Kier alpha value is -2.24. The van der Waals surface area contributed by atoms with Crippen molar-refractivity contribution >= 4 is 5.97 Å². The molecule has 2 rings (SSSR count). The fourth-order valence-corrected chi connectivity index (χ4v) is 1.61. The smallest absolute Gasteiger partial charge is 0.310 e. The van der Waals surface area contributed by atoms with Gasteiger partial charge in [0.15, 0.2) is 0 Å². The number of ether oxygens (including phenoxy) is 1. The minimum atomic E-state index is -0.519. The summed E-state index contributed by atoms with van der Waals surface area (Å²) in [6.07, 6.45) is 0.0677. The van der Waals surface area contributed by atoms with Crippen LogP contribution >= 0.6 is 0 Å². The largest absolute Gasteiger partial charge is 0.438 e. The number of carbonyl (C=O) groups excluding carboxylic acids is 1. The maximum Gasteiger partial charge on any atom is 0.310 e. The Labute approximate surface area is 117 Å². The standard InChI is InChI=1S/C14H18N4O2/c1-4-12(20-14(19)10(2)3)18-16-13(15-17-18)11-8-6-5-7-9-11/h5-10,12H,4H2,1-3H3/t12-/m0/s1. The van der Waals surface area contributed by atoms with Gasteiger partial charge >= 0.3 is 5.97 Å². The van der Waals surface area contributed by atoms with Gasteiger partial charge in [-0.1, -0.05) is 51.1 Å². The highest BCUT2D eigenvalue weighted by Crippen LogP contribution is 2.16. The van der Waals surface area contributed by atoms with Crippen molar-refractivity contribution in [1.29, 1.82) is 0 Å². The van der Waals surface area contributed by atoms with Crippen LogP contribution in [-0.2, 0) is 9.53 Å². The van der Waals surface area contributed by atoms with Crippen LogP contribution in [0.15, 0.2) is 30.3 Å². The minimum absolute atomic E-state index is 0.179. The quantitative estimate of drug-likeness (QED) is 0.783. The zero-order valence-corrected chi connectivity index (χ0v) is 11.9.